The summed E-state index contributed by atoms with van der Waals surface area (Å²) in [6.45, 7) is 2.48. The molecule has 1 aliphatic heterocycles. The Bertz CT molecular complexity index is 744. The van der Waals surface area contributed by atoms with Gasteiger partial charge in [0, 0.05) is 22.9 Å². The average Bonchev–Trinajstić information content (AvgIpc) is 2.64. The summed E-state index contributed by atoms with van der Waals surface area (Å²) in [5, 5.41) is 4.37. The number of hydrogen-bond donors (Lipinski definition) is 1. The molecule has 0 bridgehead atoms. The number of rotatable bonds is 4. The zero-order valence-corrected chi connectivity index (χ0v) is 17.5. The molecule has 146 valence electrons. The summed E-state index contributed by atoms with van der Waals surface area (Å²) in [5.74, 6) is -1.66. The SMILES string of the molecule is CNc1cccc(SC2CCN(C)CC2)c1.O=Cc1c(F)cc(P)cc1F. The van der Waals surface area contributed by atoms with E-state index in [0.717, 1.165) is 17.4 Å². The van der Waals surface area contributed by atoms with Gasteiger partial charge < -0.3 is 10.2 Å². The highest BCUT2D eigenvalue weighted by molar-refractivity contribution is 8.00. The first-order chi connectivity index (χ1) is 12.9. The summed E-state index contributed by atoms with van der Waals surface area (Å²) < 4.78 is 25.3. The standard InChI is InChI=1S/C13H20N2S.C7H5F2OP/c1-14-11-4-3-5-13(10-11)16-12-6-8-15(2)9-7-12;8-6-1-4(11)2-7(9)5(6)3-10/h3-5,10,12,14H,6-9H2,1-2H3;1-3H,11H2. The van der Waals surface area contributed by atoms with E-state index in [1.165, 1.54) is 36.5 Å². The molecule has 1 atom stereocenters. The van der Waals surface area contributed by atoms with Crippen LogP contribution < -0.4 is 10.6 Å². The Kier molecular flexibility index (Phi) is 8.68. The quantitative estimate of drug-likeness (QED) is 0.605. The number of nitrogens with zero attached hydrogens (tertiary/aromatic N) is 1. The Hall–Kier alpha value is -1.49. The van der Waals surface area contributed by atoms with Crippen molar-refractivity contribution in [1.82, 2.24) is 4.90 Å². The van der Waals surface area contributed by atoms with E-state index >= 15 is 0 Å². The first-order valence-electron chi connectivity index (χ1n) is 8.75. The van der Waals surface area contributed by atoms with Crippen molar-refractivity contribution in [3.63, 3.8) is 0 Å². The van der Waals surface area contributed by atoms with Gasteiger partial charge >= 0.3 is 0 Å². The molecule has 0 saturated carbocycles. The number of carbonyl (C=O) groups is 1. The number of hydrogen-bond acceptors (Lipinski definition) is 4. The Morgan fingerprint density at radius 1 is 1.19 bits per heavy atom. The molecule has 3 nitrogen and oxygen atoms in total. The molecule has 1 fully saturated rings. The normalized spacial score (nSPS) is 15.0. The second kappa shape index (κ2) is 10.7. The first-order valence-corrected chi connectivity index (χ1v) is 10.2. The van der Waals surface area contributed by atoms with Crippen LogP contribution in [0.15, 0.2) is 41.3 Å². The summed E-state index contributed by atoms with van der Waals surface area (Å²) in [5.41, 5.74) is 0.689. The van der Waals surface area contributed by atoms with Gasteiger partial charge in [-0.05, 0) is 68.6 Å². The Morgan fingerprint density at radius 3 is 2.37 bits per heavy atom. The molecule has 7 heteroatoms. The van der Waals surface area contributed by atoms with Gasteiger partial charge in [-0.2, -0.15) is 0 Å². The van der Waals surface area contributed by atoms with Crippen LogP contribution >= 0.6 is 21.0 Å². The minimum Gasteiger partial charge on any atom is -0.388 e. The second-order valence-electron chi connectivity index (χ2n) is 6.41. The third kappa shape index (κ3) is 6.87. The summed E-state index contributed by atoms with van der Waals surface area (Å²) in [4.78, 5) is 13.9. The van der Waals surface area contributed by atoms with Crippen LogP contribution in [-0.2, 0) is 0 Å². The van der Waals surface area contributed by atoms with E-state index < -0.39 is 17.2 Å². The Morgan fingerprint density at radius 2 is 1.81 bits per heavy atom. The highest BCUT2D eigenvalue weighted by atomic mass is 32.2. The number of likely N-dealkylation sites (tertiary alicyclic amines) is 1. The number of benzene rings is 2. The lowest BCUT2D eigenvalue weighted by atomic mass is 10.1. The zero-order chi connectivity index (χ0) is 19.8. The molecule has 1 heterocycles. The third-order valence-electron chi connectivity index (χ3n) is 4.31. The van der Waals surface area contributed by atoms with Crippen molar-refractivity contribution in [2.75, 3.05) is 32.5 Å². The van der Waals surface area contributed by atoms with Crippen LogP contribution in [0.5, 0.6) is 0 Å². The average molecular weight is 410 g/mol. The smallest absolute Gasteiger partial charge is 0.155 e. The van der Waals surface area contributed by atoms with E-state index in [4.69, 9.17) is 0 Å². The molecular weight excluding hydrogens is 385 g/mol. The molecule has 1 aliphatic rings. The number of anilines is 1. The lowest BCUT2D eigenvalue weighted by molar-refractivity contribution is 0.111. The van der Waals surface area contributed by atoms with Gasteiger partial charge in [-0.1, -0.05) is 6.07 Å². The molecule has 0 aromatic heterocycles. The number of halogens is 2. The van der Waals surface area contributed by atoms with E-state index in [9.17, 15) is 13.6 Å². The molecule has 1 saturated heterocycles. The number of thioether (sulfide) groups is 1. The van der Waals surface area contributed by atoms with Crippen LogP contribution in [0, 0.1) is 11.6 Å². The minimum absolute atomic E-state index is 0.161. The molecule has 0 spiro atoms. The van der Waals surface area contributed by atoms with Crippen molar-refractivity contribution in [3.05, 3.63) is 53.6 Å². The predicted octanol–water partition coefficient (Wildman–Crippen LogP) is 4.19. The van der Waals surface area contributed by atoms with Crippen molar-refractivity contribution in [2.24, 2.45) is 0 Å². The van der Waals surface area contributed by atoms with E-state index in [0.29, 0.717) is 5.30 Å². The van der Waals surface area contributed by atoms with E-state index in [-0.39, 0.29) is 6.29 Å². The topological polar surface area (TPSA) is 32.3 Å². The summed E-state index contributed by atoms with van der Waals surface area (Å²) >= 11 is 2.03. The van der Waals surface area contributed by atoms with Gasteiger partial charge in [0.1, 0.15) is 11.6 Å². The van der Waals surface area contributed by atoms with Crippen molar-refractivity contribution < 1.29 is 13.6 Å². The van der Waals surface area contributed by atoms with Gasteiger partial charge in [0.05, 0.1) is 5.56 Å². The molecule has 27 heavy (non-hydrogen) atoms. The maximum atomic E-state index is 12.6. The number of carbonyl (C=O) groups excluding carboxylic acids is 1. The molecule has 3 rings (SSSR count). The molecule has 0 amide bonds. The molecule has 1 N–H and O–H groups in total. The Labute approximate surface area is 166 Å². The van der Waals surface area contributed by atoms with Crippen LogP contribution in [-0.4, -0.2) is 43.6 Å². The number of aldehydes is 1. The fraction of sp³-hybridized carbons (Fsp3) is 0.350. The second-order valence-corrected chi connectivity index (χ2v) is 8.45. The van der Waals surface area contributed by atoms with Crippen molar-refractivity contribution >= 4 is 38.3 Å². The van der Waals surface area contributed by atoms with E-state index in [1.54, 1.807) is 0 Å². The lowest BCUT2D eigenvalue weighted by Crippen LogP contribution is -2.31. The lowest BCUT2D eigenvalue weighted by Gasteiger charge is -2.28. The van der Waals surface area contributed by atoms with Gasteiger partial charge in [-0.25, -0.2) is 8.78 Å². The Balaban J connectivity index is 0.000000208. The van der Waals surface area contributed by atoms with Gasteiger partial charge in [-0.15, -0.1) is 21.0 Å². The van der Waals surface area contributed by atoms with Crippen LogP contribution in [0.3, 0.4) is 0 Å². The van der Waals surface area contributed by atoms with E-state index in [2.05, 4.69) is 50.8 Å². The summed E-state index contributed by atoms with van der Waals surface area (Å²) in [6, 6.07) is 10.9. The molecule has 2 aromatic rings. The fourth-order valence-corrected chi connectivity index (χ4v) is 4.21. The molecular formula is C20H25F2N2OPS. The highest BCUT2D eigenvalue weighted by Gasteiger charge is 2.17. The summed E-state index contributed by atoms with van der Waals surface area (Å²) in [6.07, 6.45) is 2.78. The third-order valence-corrected chi connectivity index (χ3v) is 5.97. The van der Waals surface area contributed by atoms with Crippen LogP contribution in [0.4, 0.5) is 14.5 Å². The van der Waals surface area contributed by atoms with Gasteiger partial charge in [0.25, 0.3) is 0 Å². The number of piperidine rings is 1. The van der Waals surface area contributed by atoms with Crippen LogP contribution in [0.2, 0.25) is 0 Å². The first kappa shape index (κ1) is 21.8. The predicted molar refractivity (Wildman–Crippen MR) is 113 cm³/mol. The van der Waals surface area contributed by atoms with Crippen molar-refractivity contribution in [1.29, 1.82) is 0 Å². The molecule has 2 aromatic carbocycles. The van der Waals surface area contributed by atoms with Gasteiger partial charge in [-0.3, -0.25) is 4.79 Å². The number of nitrogens with one attached hydrogen (secondary N) is 1. The van der Waals surface area contributed by atoms with Gasteiger partial charge in [0.2, 0.25) is 0 Å². The highest BCUT2D eigenvalue weighted by Crippen LogP contribution is 2.31. The molecule has 0 radical (unpaired) electrons. The monoisotopic (exact) mass is 410 g/mol. The van der Waals surface area contributed by atoms with Crippen LogP contribution in [0.1, 0.15) is 23.2 Å². The fourth-order valence-electron chi connectivity index (χ4n) is 2.74. The van der Waals surface area contributed by atoms with Gasteiger partial charge in [0.15, 0.2) is 6.29 Å². The largest absolute Gasteiger partial charge is 0.388 e. The maximum absolute atomic E-state index is 12.6. The van der Waals surface area contributed by atoms with Crippen molar-refractivity contribution in [2.45, 2.75) is 23.0 Å². The zero-order valence-electron chi connectivity index (χ0n) is 15.5. The van der Waals surface area contributed by atoms with Crippen LogP contribution in [0.25, 0.3) is 0 Å². The van der Waals surface area contributed by atoms with Crippen molar-refractivity contribution in [3.8, 4) is 0 Å². The summed E-state index contributed by atoms with van der Waals surface area (Å²) in [7, 11) is 6.33. The molecule has 0 aliphatic carbocycles. The maximum Gasteiger partial charge on any atom is 0.155 e. The minimum atomic E-state index is -0.829. The van der Waals surface area contributed by atoms with E-state index in [1.807, 2.05) is 18.8 Å². The molecule has 1 unspecified atom stereocenters.